The Morgan fingerprint density at radius 2 is 2.00 bits per heavy atom. The third-order valence-corrected chi connectivity index (χ3v) is 3.70. The first-order chi connectivity index (χ1) is 9.22. The quantitative estimate of drug-likeness (QED) is 0.703. The van der Waals surface area contributed by atoms with Gasteiger partial charge in [-0.2, -0.15) is 5.10 Å². The van der Waals surface area contributed by atoms with Gasteiger partial charge in [-0.05, 0) is 38.6 Å². The molecule has 1 heterocycles. The molecule has 0 aromatic carbocycles. The molecule has 0 amide bonds. The summed E-state index contributed by atoms with van der Waals surface area (Å²) in [6, 6.07) is 0.603. The van der Waals surface area contributed by atoms with Gasteiger partial charge in [-0.15, -0.1) is 0 Å². The Hall–Kier alpha value is -0.540. The molecular weight excluding hydrogens is 258 g/mol. The molecule has 1 atom stereocenters. The van der Waals surface area contributed by atoms with Crippen LogP contribution < -0.4 is 5.32 Å². The minimum atomic E-state index is 0.603. The molecule has 0 fully saturated rings. The number of hydrogen-bond acceptors (Lipinski definition) is 2. The Morgan fingerprint density at radius 1 is 1.21 bits per heavy atom. The van der Waals surface area contributed by atoms with Gasteiger partial charge in [0.05, 0.1) is 16.9 Å². The SMILES string of the molecule is CCCNC(CCC)CCc1c(Cl)cnn1CCC. The number of nitrogens with one attached hydrogen (secondary N) is 1. The van der Waals surface area contributed by atoms with Crippen molar-refractivity contribution in [2.75, 3.05) is 6.54 Å². The molecule has 1 rings (SSSR count). The van der Waals surface area contributed by atoms with Crippen LogP contribution >= 0.6 is 11.6 Å². The van der Waals surface area contributed by atoms with E-state index in [-0.39, 0.29) is 0 Å². The van der Waals surface area contributed by atoms with Crippen LogP contribution in [0.2, 0.25) is 5.02 Å². The molecule has 0 spiro atoms. The van der Waals surface area contributed by atoms with E-state index < -0.39 is 0 Å². The zero-order chi connectivity index (χ0) is 14.1. The third kappa shape index (κ3) is 5.53. The molecule has 1 N–H and O–H groups in total. The van der Waals surface area contributed by atoms with Crippen molar-refractivity contribution >= 4 is 11.6 Å². The zero-order valence-corrected chi connectivity index (χ0v) is 13.3. The maximum absolute atomic E-state index is 6.24. The average molecular weight is 286 g/mol. The summed E-state index contributed by atoms with van der Waals surface area (Å²) in [6.45, 7) is 8.69. The fourth-order valence-electron chi connectivity index (χ4n) is 2.40. The Balaban J connectivity index is 2.54. The van der Waals surface area contributed by atoms with E-state index in [9.17, 15) is 0 Å². The zero-order valence-electron chi connectivity index (χ0n) is 12.6. The van der Waals surface area contributed by atoms with Crippen molar-refractivity contribution in [3.05, 3.63) is 16.9 Å². The summed E-state index contributed by atoms with van der Waals surface area (Å²) in [5.74, 6) is 0. The normalized spacial score (nSPS) is 12.8. The Bertz CT molecular complexity index is 349. The summed E-state index contributed by atoms with van der Waals surface area (Å²) in [7, 11) is 0. The van der Waals surface area contributed by atoms with E-state index in [1.807, 2.05) is 0 Å². The van der Waals surface area contributed by atoms with Crippen LogP contribution in [0.5, 0.6) is 0 Å². The monoisotopic (exact) mass is 285 g/mol. The lowest BCUT2D eigenvalue weighted by molar-refractivity contribution is 0.440. The summed E-state index contributed by atoms with van der Waals surface area (Å²) in [4.78, 5) is 0. The first kappa shape index (κ1) is 16.5. The largest absolute Gasteiger partial charge is 0.314 e. The van der Waals surface area contributed by atoms with Gasteiger partial charge in [0.15, 0.2) is 0 Å². The van der Waals surface area contributed by atoms with Gasteiger partial charge in [-0.25, -0.2) is 0 Å². The number of rotatable bonds is 10. The van der Waals surface area contributed by atoms with Crippen LogP contribution in [0.3, 0.4) is 0 Å². The Morgan fingerprint density at radius 3 is 2.63 bits per heavy atom. The highest BCUT2D eigenvalue weighted by molar-refractivity contribution is 6.31. The second-order valence-corrected chi connectivity index (χ2v) is 5.55. The molecule has 1 aromatic heterocycles. The van der Waals surface area contributed by atoms with Crippen LogP contribution in [0.15, 0.2) is 6.20 Å². The molecule has 0 bridgehead atoms. The number of hydrogen-bond donors (Lipinski definition) is 1. The van der Waals surface area contributed by atoms with Gasteiger partial charge < -0.3 is 5.32 Å². The van der Waals surface area contributed by atoms with Crippen molar-refractivity contribution in [3.8, 4) is 0 Å². The van der Waals surface area contributed by atoms with Gasteiger partial charge in [0.25, 0.3) is 0 Å². The molecule has 1 unspecified atom stereocenters. The molecule has 1 aromatic rings. The highest BCUT2D eigenvalue weighted by Gasteiger charge is 2.12. The van der Waals surface area contributed by atoms with Crippen LogP contribution in [-0.4, -0.2) is 22.4 Å². The highest BCUT2D eigenvalue weighted by atomic mass is 35.5. The topological polar surface area (TPSA) is 29.9 Å². The van der Waals surface area contributed by atoms with E-state index in [4.69, 9.17) is 11.6 Å². The van der Waals surface area contributed by atoms with E-state index in [2.05, 4.69) is 35.9 Å². The van der Waals surface area contributed by atoms with Crippen LogP contribution in [0.25, 0.3) is 0 Å². The maximum Gasteiger partial charge on any atom is 0.0817 e. The van der Waals surface area contributed by atoms with Crippen LogP contribution in [0.1, 0.15) is 58.6 Å². The predicted molar refractivity (Wildman–Crippen MR) is 82.8 cm³/mol. The van der Waals surface area contributed by atoms with E-state index in [0.29, 0.717) is 6.04 Å². The average Bonchev–Trinajstić information content (AvgIpc) is 2.74. The van der Waals surface area contributed by atoms with Crippen molar-refractivity contribution in [2.45, 2.75) is 71.9 Å². The second-order valence-electron chi connectivity index (χ2n) is 5.14. The molecule has 110 valence electrons. The van der Waals surface area contributed by atoms with Gasteiger partial charge in [0.2, 0.25) is 0 Å². The summed E-state index contributed by atoms with van der Waals surface area (Å²) < 4.78 is 2.06. The summed E-state index contributed by atoms with van der Waals surface area (Å²) in [5.41, 5.74) is 1.20. The Kier molecular flexibility index (Phi) is 8.15. The van der Waals surface area contributed by atoms with Gasteiger partial charge in [-0.1, -0.05) is 38.8 Å². The smallest absolute Gasteiger partial charge is 0.0817 e. The molecule has 0 saturated heterocycles. The Labute approximate surface area is 122 Å². The minimum absolute atomic E-state index is 0.603. The van der Waals surface area contributed by atoms with E-state index >= 15 is 0 Å². The maximum atomic E-state index is 6.24. The van der Waals surface area contributed by atoms with Gasteiger partial charge in [-0.3, -0.25) is 4.68 Å². The van der Waals surface area contributed by atoms with Crippen LogP contribution in [0, 0.1) is 0 Å². The standard InChI is InChI=1S/C15H28ClN3/c1-4-7-13(17-10-5-2)8-9-15-14(16)12-18-19(15)11-6-3/h12-13,17H,4-11H2,1-3H3. The molecule has 4 heteroatoms. The second kappa shape index (κ2) is 9.38. The van der Waals surface area contributed by atoms with E-state index in [1.54, 1.807) is 6.20 Å². The number of aryl methyl sites for hydroxylation is 1. The number of nitrogens with zero attached hydrogens (tertiary/aromatic N) is 2. The molecule has 0 radical (unpaired) electrons. The molecule has 0 aliphatic heterocycles. The van der Waals surface area contributed by atoms with Gasteiger partial charge in [0, 0.05) is 12.6 Å². The van der Waals surface area contributed by atoms with Crippen LogP contribution in [0.4, 0.5) is 0 Å². The fourth-order valence-corrected chi connectivity index (χ4v) is 2.63. The predicted octanol–water partition coefficient (Wildman–Crippen LogP) is 4.05. The van der Waals surface area contributed by atoms with Gasteiger partial charge in [0.1, 0.15) is 0 Å². The summed E-state index contributed by atoms with van der Waals surface area (Å²) in [5, 5.41) is 8.81. The number of aromatic nitrogens is 2. The van der Waals surface area contributed by atoms with Crippen molar-refractivity contribution in [1.29, 1.82) is 0 Å². The van der Waals surface area contributed by atoms with Crippen molar-refractivity contribution in [1.82, 2.24) is 15.1 Å². The third-order valence-electron chi connectivity index (χ3n) is 3.38. The van der Waals surface area contributed by atoms with Crippen molar-refractivity contribution in [3.63, 3.8) is 0 Å². The highest BCUT2D eigenvalue weighted by Crippen LogP contribution is 2.18. The van der Waals surface area contributed by atoms with Crippen molar-refractivity contribution in [2.24, 2.45) is 0 Å². The molecule has 19 heavy (non-hydrogen) atoms. The summed E-state index contributed by atoms with van der Waals surface area (Å²) in [6.07, 6.45) is 8.68. The lowest BCUT2D eigenvalue weighted by Gasteiger charge is -2.18. The van der Waals surface area contributed by atoms with Crippen LogP contribution in [-0.2, 0) is 13.0 Å². The molecule has 0 aliphatic rings. The molecular formula is C15H28ClN3. The fraction of sp³-hybridized carbons (Fsp3) is 0.800. The van der Waals surface area contributed by atoms with Gasteiger partial charge >= 0.3 is 0 Å². The lowest BCUT2D eigenvalue weighted by atomic mass is 10.0. The summed E-state index contributed by atoms with van der Waals surface area (Å²) >= 11 is 6.24. The van der Waals surface area contributed by atoms with Crippen molar-refractivity contribution < 1.29 is 0 Å². The van der Waals surface area contributed by atoms with E-state index in [1.165, 1.54) is 25.0 Å². The molecule has 0 aliphatic carbocycles. The van der Waals surface area contributed by atoms with E-state index in [0.717, 1.165) is 37.4 Å². The molecule has 3 nitrogen and oxygen atoms in total. The molecule has 0 saturated carbocycles. The lowest BCUT2D eigenvalue weighted by Crippen LogP contribution is -2.30. The first-order valence-electron chi connectivity index (χ1n) is 7.66. The number of halogens is 1. The minimum Gasteiger partial charge on any atom is -0.314 e. The first-order valence-corrected chi connectivity index (χ1v) is 8.04.